The number of nitrogens with zero attached hydrogens (tertiary/aromatic N) is 1. The second kappa shape index (κ2) is 5.77. The molecule has 0 bridgehead atoms. The summed E-state index contributed by atoms with van der Waals surface area (Å²) >= 11 is 0. The molecule has 3 N–H and O–H groups in total. The summed E-state index contributed by atoms with van der Waals surface area (Å²) in [6.07, 6.45) is 5.42. The van der Waals surface area contributed by atoms with Crippen molar-refractivity contribution < 1.29 is 9.53 Å². The van der Waals surface area contributed by atoms with E-state index in [9.17, 15) is 4.79 Å². The molecule has 2 saturated heterocycles. The molecule has 0 radical (unpaired) electrons. The highest BCUT2D eigenvalue weighted by Gasteiger charge is 2.63. The minimum atomic E-state index is -0.792. The van der Waals surface area contributed by atoms with E-state index in [2.05, 4.69) is 24.1 Å². The summed E-state index contributed by atoms with van der Waals surface area (Å²) in [5.41, 5.74) is 5.37. The topological polar surface area (TPSA) is 67.6 Å². The number of piperidine rings is 1. The molecule has 0 aromatic heterocycles. The Labute approximate surface area is 133 Å². The lowest BCUT2D eigenvalue weighted by Gasteiger charge is -2.58. The number of carbonyl (C=O) groups excluding carboxylic acids is 1. The summed E-state index contributed by atoms with van der Waals surface area (Å²) in [7, 11) is 0. The van der Waals surface area contributed by atoms with Crippen molar-refractivity contribution in [3.05, 3.63) is 0 Å². The SMILES string of the molecule is CCOC1CC(N)(C(=O)NC2CCN3CCCC3C2)C1(C)C. The molecule has 4 unspecified atom stereocenters. The zero-order valence-corrected chi connectivity index (χ0v) is 14.2. The zero-order chi connectivity index (χ0) is 16.0. The lowest BCUT2D eigenvalue weighted by atomic mass is 9.54. The molecule has 1 aliphatic carbocycles. The van der Waals surface area contributed by atoms with Crippen LogP contribution in [0.3, 0.4) is 0 Å². The first-order chi connectivity index (χ1) is 10.4. The molecular formula is C17H31N3O2. The third kappa shape index (κ3) is 2.47. The Morgan fingerprint density at radius 3 is 2.82 bits per heavy atom. The van der Waals surface area contributed by atoms with Gasteiger partial charge in [-0.1, -0.05) is 13.8 Å². The Hall–Kier alpha value is -0.650. The first-order valence-corrected chi connectivity index (χ1v) is 8.84. The largest absolute Gasteiger partial charge is 0.378 e. The summed E-state index contributed by atoms with van der Waals surface area (Å²) in [5, 5.41) is 3.25. The van der Waals surface area contributed by atoms with Gasteiger partial charge >= 0.3 is 0 Å². The van der Waals surface area contributed by atoms with Crippen molar-refractivity contribution in [2.45, 2.75) is 76.6 Å². The van der Waals surface area contributed by atoms with Crippen LogP contribution in [0.5, 0.6) is 0 Å². The van der Waals surface area contributed by atoms with Gasteiger partial charge in [-0.05, 0) is 39.2 Å². The van der Waals surface area contributed by atoms with Crippen molar-refractivity contribution in [1.29, 1.82) is 0 Å². The Bertz CT molecular complexity index is 440. The van der Waals surface area contributed by atoms with Gasteiger partial charge in [0.15, 0.2) is 0 Å². The van der Waals surface area contributed by atoms with E-state index < -0.39 is 5.54 Å². The van der Waals surface area contributed by atoms with Gasteiger partial charge in [0.2, 0.25) is 5.91 Å². The molecule has 0 aromatic rings. The van der Waals surface area contributed by atoms with Crippen molar-refractivity contribution >= 4 is 5.91 Å². The number of hydrogen-bond acceptors (Lipinski definition) is 4. The number of carbonyl (C=O) groups is 1. The molecule has 126 valence electrons. The average Bonchev–Trinajstić information content (AvgIpc) is 2.94. The third-order valence-corrected chi connectivity index (χ3v) is 6.39. The fourth-order valence-corrected chi connectivity index (χ4v) is 4.49. The maximum absolute atomic E-state index is 12.8. The van der Waals surface area contributed by atoms with Crippen molar-refractivity contribution in [3.63, 3.8) is 0 Å². The first-order valence-electron chi connectivity index (χ1n) is 8.84. The number of rotatable bonds is 4. The highest BCUT2D eigenvalue weighted by atomic mass is 16.5. The van der Waals surface area contributed by atoms with Crippen molar-refractivity contribution in [2.75, 3.05) is 19.7 Å². The summed E-state index contributed by atoms with van der Waals surface area (Å²) in [4.78, 5) is 15.3. The van der Waals surface area contributed by atoms with E-state index in [4.69, 9.17) is 10.5 Å². The molecule has 0 aromatic carbocycles. The molecule has 3 aliphatic rings. The van der Waals surface area contributed by atoms with E-state index in [0.29, 0.717) is 19.1 Å². The lowest BCUT2D eigenvalue weighted by molar-refractivity contribution is -0.171. The maximum atomic E-state index is 12.8. The Morgan fingerprint density at radius 2 is 2.14 bits per heavy atom. The number of hydrogen-bond donors (Lipinski definition) is 2. The number of nitrogens with two attached hydrogens (primary N) is 1. The van der Waals surface area contributed by atoms with E-state index in [0.717, 1.165) is 19.4 Å². The van der Waals surface area contributed by atoms with Crippen LogP contribution in [-0.2, 0) is 9.53 Å². The van der Waals surface area contributed by atoms with Gasteiger partial charge in [0, 0.05) is 37.1 Å². The molecule has 3 fully saturated rings. The second-order valence-corrected chi connectivity index (χ2v) is 7.87. The van der Waals surface area contributed by atoms with Gasteiger partial charge in [0.05, 0.1) is 6.10 Å². The second-order valence-electron chi connectivity index (χ2n) is 7.87. The van der Waals surface area contributed by atoms with Crippen molar-refractivity contribution in [1.82, 2.24) is 10.2 Å². The zero-order valence-electron chi connectivity index (χ0n) is 14.2. The van der Waals surface area contributed by atoms with E-state index in [1.807, 2.05) is 6.92 Å². The smallest absolute Gasteiger partial charge is 0.241 e. The fourth-order valence-electron chi connectivity index (χ4n) is 4.49. The van der Waals surface area contributed by atoms with Crippen LogP contribution in [0, 0.1) is 5.41 Å². The predicted octanol–water partition coefficient (Wildman–Crippen LogP) is 1.26. The Morgan fingerprint density at radius 1 is 1.36 bits per heavy atom. The molecule has 22 heavy (non-hydrogen) atoms. The average molecular weight is 309 g/mol. The van der Waals surface area contributed by atoms with Crippen LogP contribution in [0.25, 0.3) is 0 Å². The molecule has 0 spiro atoms. The molecule has 2 heterocycles. The van der Waals surface area contributed by atoms with Gasteiger partial charge in [-0.3, -0.25) is 4.79 Å². The van der Waals surface area contributed by atoms with Crippen LogP contribution in [0.4, 0.5) is 0 Å². The third-order valence-electron chi connectivity index (χ3n) is 6.39. The van der Waals surface area contributed by atoms with E-state index >= 15 is 0 Å². The number of nitrogens with one attached hydrogen (secondary N) is 1. The van der Waals surface area contributed by atoms with Gasteiger partial charge in [0.25, 0.3) is 0 Å². The summed E-state index contributed by atoms with van der Waals surface area (Å²) in [5.74, 6) is 0.0184. The minimum absolute atomic E-state index is 0.0184. The summed E-state index contributed by atoms with van der Waals surface area (Å²) in [6, 6.07) is 0.951. The standard InChI is InChI=1S/C17H31N3O2/c1-4-22-14-11-17(18,16(14,2)3)15(21)19-12-7-9-20-8-5-6-13(20)10-12/h12-14H,4-11,18H2,1-3H3,(H,19,21). The minimum Gasteiger partial charge on any atom is -0.378 e. The van der Waals surface area contributed by atoms with Crippen LogP contribution in [0.1, 0.15) is 52.9 Å². The normalized spacial score (nSPS) is 40.8. The molecule has 1 amide bonds. The monoisotopic (exact) mass is 309 g/mol. The van der Waals surface area contributed by atoms with Crippen LogP contribution in [-0.4, -0.2) is 54.2 Å². The molecule has 5 heteroatoms. The molecule has 5 nitrogen and oxygen atoms in total. The van der Waals surface area contributed by atoms with E-state index in [1.165, 1.54) is 19.4 Å². The molecule has 1 saturated carbocycles. The van der Waals surface area contributed by atoms with E-state index in [-0.39, 0.29) is 23.5 Å². The van der Waals surface area contributed by atoms with Gasteiger partial charge in [0.1, 0.15) is 5.54 Å². The van der Waals surface area contributed by atoms with Crippen LogP contribution in [0.2, 0.25) is 0 Å². The highest BCUT2D eigenvalue weighted by Crippen LogP contribution is 2.50. The van der Waals surface area contributed by atoms with Crippen molar-refractivity contribution in [3.8, 4) is 0 Å². The Kier molecular flexibility index (Phi) is 4.25. The number of fused-ring (bicyclic) bond motifs is 1. The van der Waals surface area contributed by atoms with Gasteiger partial charge in [-0.15, -0.1) is 0 Å². The summed E-state index contributed by atoms with van der Waals surface area (Å²) < 4.78 is 5.72. The first kappa shape index (κ1) is 16.2. The predicted molar refractivity (Wildman–Crippen MR) is 86.5 cm³/mol. The molecule has 4 atom stereocenters. The van der Waals surface area contributed by atoms with Crippen LogP contribution < -0.4 is 11.1 Å². The molecular weight excluding hydrogens is 278 g/mol. The Balaban J connectivity index is 1.58. The van der Waals surface area contributed by atoms with Gasteiger partial charge < -0.3 is 20.7 Å². The molecule has 2 aliphatic heterocycles. The van der Waals surface area contributed by atoms with Gasteiger partial charge in [-0.25, -0.2) is 0 Å². The maximum Gasteiger partial charge on any atom is 0.241 e. The number of ether oxygens (including phenoxy) is 1. The van der Waals surface area contributed by atoms with Gasteiger partial charge in [-0.2, -0.15) is 0 Å². The summed E-state index contributed by atoms with van der Waals surface area (Å²) in [6.45, 7) is 9.10. The van der Waals surface area contributed by atoms with Crippen LogP contribution in [0.15, 0.2) is 0 Å². The fraction of sp³-hybridized carbons (Fsp3) is 0.941. The highest BCUT2D eigenvalue weighted by molar-refractivity contribution is 5.89. The molecule has 3 rings (SSSR count). The van der Waals surface area contributed by atoms with E-state index in [1.54, 1.807) is 0 Å². The van der Waals surface area contributed by atoms with Crippen molar-refractivity contribution in [2.24, 2.45) is 11.1 Å². The number of amides is 1. The quantitative estimate of drug-likeness (QED) is 0.820. The lowest BCUT2D eigenvalue weighted by Crippen LogP contribution is -2.76. The van der Waals surface area contributed by atoms with Crippen LogP contribution >= 0.6 is 0 Å².